The third kappa shape index (κ3) is 4.43. The molecular weight excluding hydrogens is 346 g/mol. The van der Waals surface area contributed by atoms with Crippen LogP contribution in [0.25, 0.3) is 0 Å². The summed E-state index contributed by atoms with van der Waals surface area (Å²) in [5, 5.41) is 12.0. The summed E-state index contributed by atoms with van der Waals surface area (Å²) in [7, 11) is 1.50. The first kappa shape index (κ1) is 18.0. The number of carbonyl (C=O) groups is 2. The van der Waals surface area contributed by atoms with Crippen molar-refractivity contribution in [1.29, 1.82) is 0 Å². The lowest BCUT2D eigenvalue weighted by atomic mass is 10.1. The van der Waals surface area contributed by atoms with Gasteiger partial charge in [0.05, 0.1) is 18.4 Å². The molecule has 3 aromatic rings. The second-order valence-corrected chi connectivity index (χ2v) is 5.61. The molecule has 0 atom stereocenters. The molecule has 0 aliphatic carbocycles. The van der Waals surface area contributed by atoms with Gasteiger partial charge in [-0.05, 0) is 42.5 Å². The summed E-state index contributed by atoms with van der Waals surface area (Å²) in [5.41, 5.74) is 0.454. The van der Waals surface area contributed by atoms with Crippen molar-refractivity contribution in [2.75, 3.05) is 12.4 Å². The fourth-order valence-corrected chi connectivity index (χ4v) is 2.46. The number of hydrogen-bond donors (Lipinski definition) is 2. The van der Waals surface area contributed by atoms with E-state index in [1.807, 2.05) is 18.2 Å². The maximum absolute atomic E-state index is 12.5. The van der Waals surface area contributed by atoms with Crippen LogP contribution >= 0.6 is 0 Å². The minimum Gasteiger partial charge on any atom is -0.497 e. The van der Waals surface area contributed by atoms with E-state index >= 15 is 0 Å². The first-order valence-electron chi connectivity index (χ1n) is 8.12. The Hall–Kier alpha value is -3.80. The summed E-state index contributed by atoms with van der Waals surface area (Å²) in [6.45, 7) is 0. The van der Waals surface area contributed by atoms with Gasteiger partial charge in [0.25, 0.3) is 5.91 Å². The maximum Gasteiger partial charge on any atom is 0.337 e. The Balaban J connectivity index is 1.88. The van der Waals surface area contributed by atoms with Gasteiger partial charge in [0, 0.05) is 11.6 Å². The molecule has 1 amide bonds. The van der Waals surface area contributed by atoms with Crippen LogP contribution in [0.4, 0.5) is 5.69 Å². The lowest BCUT2D eigenvalue weighted by Gasteiger charge is -2.12. The zero-order valence-corrected chi connectivity index (χ0v) is 14.5. The maximum atomic E-state index is 12.5. The van der Waals surface area contributed by atoms with Gasteiger partial charge in [0.15, 0.2) is 0 Å². The highest BCUT2D eigenvalue weighted by molar-refractivity contribution is 6.08. The van der Waals surface area contributed by atoms with Crippen molar-refractivity contribution in [3.05, 3.63) is 83.9 Å². The van der Waals surface area contributed by atoms with Crippen LogP contribution in [0.5, 0.6) is 17.2 Å². The quantitative estimate of drug-likeness (QED) is 0.676. The highest BCUT2D eigenvalue weighted by Gasteiger charge is 2.15. The average molecular weight is 363 g/mol. The second-order valence-electron chi connectivity index (χ2n) is 5.61. The van der Waals surface area contributed by atoms with Crippen LogP contribution in [0.15, 0.2) is 72.8 Å². The zero-order chi connectivity index (χ0) is 19.2. The van der Waals surface area contributed by atoms with E-state index in [0.29, 0.717) is 22.8 Å². The summed E-state index contributed by atoms with van der Waals surface area (Å²) in [6, 6.07) is 20.1. The Morgan fingerprint density at radius 1 is 0.852 bits per heavy atom. The van der Waals surface area contributed by atoms with Crippen LogP contribution in [0.2, 0.25) is 0 Å². The van der Waals surface area contributed by atoms with Crippen molar-refractivity contribution in [2.24, 2.45) is 0 Å². The second kappa shape index (κ2) is 8.05. The molecule has 136 valence electrons. The Labute approximate surface area is 156 Å². The summed E-state index contributed by atoms with van der Waals surface area (Å²) in [4.78, 5) is 24.0. The number of methoxy groups -OCH3 is 1. The van der Waals surface area contributed by atoms with E-state index in [-0.39, 0.29) is 11.3 Å². The average Bonchev–Trinajstić information content (AvgIpc) is 2.68. The normalized spacial score (nSPS) is 10.1. The zero-order valence-electron chi connectivity index (χ0n) is 14.5. The summed E-state index contributed by atoms with van der Waals surface area (Å²) < 4.78 is 10.8. The number of carboxylic acid groups (broad SMARTS) is 1. The van der Waals surface area contributed by atoms with Crippen molar-refractivity contribution >= 4 is 17.6 Å². The van der Waals surface area contributed by atoms with Crippen LogP contribution in [0.3, 0.4) is 0 Å². The van der Waals surface area contributed by atoms with E-state index in [2.05, 4.69) is 5.32 Å². The fourth-order valence-electron chi connectivity index (χ4n) is 2.46. The van der Waals surface area contributed by atoms with Gasteiger partial charge in [-0.25, -0.2) is 4.79 Å². The lowest BCUT2D eigenvalue weighted by molar-refractivity contribution is 0.0698. The standard InChI is InChI=1S/C21H17NO5/c1-26-16-9-5-6-14(12-16)20(23)22-19-13-17(10-11-18(19)21(24)25)27-15-7-3-2-4-8-15/h2-13H,1H3,(H,22,23)(H,24,25). The number of benzene rings is 3. The highest BCUT2D eigenvalue weighted by Crippen LogP contribution is 2.27. The molecule has 0 aliphatic rings. The van der Waals surface area contributed by atoms with E-state index in [1.54, 1.807) is 36.4 Å². The van der Waals surface area contributed by atoms with Crippen LogP contribution in [0, 0.1) is 0 Å². The molecule has 0 radical (unpaired) electrons. The van der Waals surface area contributed by atoms with E-state index in [0.717, 1.165) is 0 Å². The van der Waals surface area contributed by atoms with Gasteiger partial charge in [-0.3, -0.25) is 4.79 Å². The Bertz CT molecular complexity index is 969. The number of rotatable bonds is 6. The molecule has 3 aromatic carbocycles. The van der Waals surface area contributed by atoms with Crippen LogP contribution < -0.4 is 14.8 Å². The molecule has 2 N–H and O–H groups in total. The monoisotopic (exact) mass is 363 g/mol. The number of amides is 1. The molecule has 6 heteroatoms. The smallest absolute Gasteiger partial charge is 0.337 e. The van der Waals surface area contributed by atoms with Gasteiger partial charge in [-0.2, -0.15) is 0 Å². The Kier molecular flexibility index (Phi) is 5.37. The summed E-state index contributed by atoms with van der Waals surface area (Å²) in [5.74, 6) is -0.0597. The highest BCUT2D eigenvalue weighted by atomic mass is 16.5. The van der Waals surface area contributed by atoms with Crippen LogP contribution in [0.1, 0.15) is 20.7 Å². The van der Waals surface area contributed by atoms with Crippen molar-refractivity contribution in [1.82, 2.24) is 0 Å². The van der Waals surface area contributed by atoms with Crippen LogP contribution in [-0.2, 0) is 0 Å². The van der Waals surface area contributed by atoms with Crippen molar-refractivity contribution in [2.45, 2.75) is 0 Å². The number of carboxylic acids is 1. The molecule has 0 fully saturated rings. The molecule has 0 aromatic heterocycles. The minimum atomic E-state index is -1.15. The predicted octanol–water partition coefficient (Wildman–Crippen LogP) is 4.44. The van der Waals surface area contributed by atoms with Crippen molar-refractivity contribution < 1.29 is 24.2 Å². The van der Waals surface area contributed by atoms with E-state index in [4.69, 9.17) is 9.47 Å². The topological polar surface area (TPSA) is 84.9 Å². The van der Waals surface area contributed by atoms with Gasteiger partial charge in [0.2, 0.25) is 0 Å². The van der Waals surface area contributed by atoms with E-state index in [9.17, 15) is 14.7 Å². The number of anilines is 1. The lowest BCUT2D eigenvalue weighted by Crippen LogP contribution is -2.15. The van der Waals surface area contributed by atoms with Gasteiger partial charge < -0.3 is 19.9 Å². The van der Waals surface area contributed by atoms with Crippen molar-refractivity contribution in [3.8, 4) is 17.2 Å². The molecule has 0 spiro atoms. The first-order chi connectivity index (χ1) is 13.1. The molecule has 0 bridgehead atoms. The molecule has 6 nitrogen and oxygen atoms in total. The van der Waals surface area contributed by atoms with E-state index in [1.165, 1.54) is 25.3 Å². The molecule has 0 unspecified atom stereocenters. The Morgan fingerprint density at radius 3 is 2.30 bits per heavy atom. The third-order valence-corrected chi connectivity index (χ3v) is 3.78. The number of ether oxygens (including phenoxy) is 2. The molecule has 0 aliphatic heterocycles. The minimum absolute atomic E-state index is 0.0355. The third-order valence-electron chi connectivity index (χ3n) is 3.78. The number of para-hydroxylation sites is 1. The molecule has 0 heterocycles. The first-order valence-corrected chi connectivity index (χ1v) is 8.12. The largest absolute Gasteiger partial charge is 0.497 e. The Morgan fingerprint density at radius 2 is 1.59 bits per heavy atom. The van der Waals surface area contributed by atoms with Gasteiger partial charge >= 0.3 is 5.97 Å². The van der Waals surface area contributed by atoms with E-state index < -0.39 is 11.9 Å². The summed E-state index contributed by atoms with van der Waals surface area (Å²) in [6.07, 6.45) is 0. The molecule has 27 heavy (non-hydrogen) atoms. The molecule has 3 rings (SSSR count). The number of carbonyl (C=O) groups excluding carboxylic acids is 1. The summed E-state index contributed by atoms with van der Waals surface area (Å²) >= 11 is 0. The molecule has 0 saturated carbocycles. The van der Waals surface area contributed by atoms with Crippen molar-refractivity contribution in [3.63, 3.8) is 0 Å². The number of nitrogens with one attached hydrogen (secondary N) is 1. The predicted molar refractivity (Wildman–Crippen MR) is 101 cm³/mol. The number of hydrogen-bond acceptors (Lipinski definition) is 4. The van der Waals surface area contributed by atoms with Gasteiger partial charge in [-0.15, -0.1) is 0 Å². The molecule has 0 saturated heterocycles. The van der Waals surface area contributed by atoms with Gasteiger partial charge in [0.1, 0.15) is 17.2 Å². The molecular formula is C21H17NO5. The fraction of sp³-hybridized carbons (Fsp3) is 0.0476. The SMILES string of the molecule is COc1cccc(C(=O)Nc2cc(Oc3ccccc3)ccc2C(=O)O)c1. The van der Waals surface area contributed by atoms with Crippen LogP contribution in [-0.4, -0.2) is 24.1 Å². The van der Waals surface area contributed by atoms with Gasteiger partial charge in [-0.1, -0.05) is 24.3 Å². The number of aromatic carboxylic acids is 1.